The molecule has 0 amide bonds. The van der Waals surface area contributed by atoms with E-state index < -0.39 is 0 Å². The second-order valence-electron chi connectivity index (χ2n) is 16.9. The normalized spacial score (nSPS) is 16.6. The first-order valence-electron chi connectivity index (χ1n) is 21.9. The topological polar surface area (TPSA) is 48.5 Å². The van der Waals surface area contributed by atoms with Crippen LogP contribution in [0.15, 0.2) is 169 Å². The van der Waals surface area contributed by atoms with Crippen molar-refractivity contribution in [3.05, 3.63) is 197 Å². The fourth-order valence-electron chi connectivity index (χ4n) is 10.4. The number of para-hydroxylation sites is 1. The predicted molar refractivity (Wildman–Crippen MR) is 257 cm³/mol. The van der Waals surface area contributed by atoms with Gasteiger partial charge in [-0.05, 0) is 96.3 Å². The maximum absolute atomic E-state index is 5.17. The van der Waals surface area contributed by atoms with Gasteiger partial charge in [0.2, 0.25) is 0 Å². The van der Waals surface area contributed by atoms with Gasteiger partial charge in [0.15, 0.2) is 17.5 Å². The fourth-order valence-corrected chi connectivity index (χ4v) is 10.4. The van der Waals surface area contributed by atoms with Crippen LogP contribution in [0.2, 0.25) is 0 Å². The van der Waals surface area contributed by atoms with E-state index in [-0.39, 0.29) is 5.92 Å². The average Bonchev–Trinajstić information content (AvgIpc) is 3.83. The van der Waals surface area contributed by atoms with Crippen molar-refractivity contribution in [1.29, 1.82) is 0 Å². The van der Waals surface area contributed by atoms with Gasteiger partial charge >= 0.3 is 0 Å². The minimum absolute atomic E-state index is 0.263. The van der Waals surface area contributed by atoms with E-state index in [1.54, 1.807) is 0 Å². The van der Waals surface area contributed by atoms with Crippen LogP contribution >= 0.6 is 0 Å². The minimum atomic E-state index is 0.263. The quantitative estimate of drug-likeness (QED) is 0.174. The van der Waals surface area contributed by atoms with Gasteiger partial charge in [-0.1, -0.05) is 140 Å². The first-order valence-corrected chi connectivity index (χ1v) is 21.9. The molecule has 1 unspecified atom stereocenters. The second-order valence-corrected chi connectivity index (χ2v) is 16.9. The maximum Gasteiger partial charge on any atom is 0.164 e. The molecule has 0 saturated heterocycles. The number of benzene rings is 6. The summed E-state index contributed by atoms with van der Waals surface area (Å²) in [7, 11) is 0. The van der Waals surface area contributed by atoms with E-state index in [1.165, 1.54) is 76.7 Å². The zero-order chi connectivity index (χ0) is 40.7. The lowest BCUT2D eigenvalue weighted by atomic mass is 9.85. The highest BCUT2D eigenvalue weighted by Crippen LogP contribution is 2.40. The first-order chi connectivity index (χ1) is 30.7. The summed E-state index contributed by atoms with van der Waals surface area (Å²) in [5.74, 6) is 2.34. The smallest absolute Gasteiger partial charge is 0.164 e. The molecule has 1 atom stereocenters. The Kier molecular flexibility index (Phi) is 7.92. The Labute approximate surface area is 359 Å². The molecule has 13 rings (SSSR count). The number of hydrogen-bond donors (Lipinski definition) is 0. The van der Waals surface area contributed by atoms with Crippen molar-refractivity contribution in [2.24, 2.45) is 5.92 Å². The molecular formula is C57H41N5. The highest BCUT2D eigenvalue weighted by atomic mass is 15.0. The Morgan fingerprint density at radius 1 is 0.565 bits per heavy atom. The van der Waals surface area contributed by atoms with Crippen LogP contribution in [0.3, 0.4) is 0 Å². The molecule has 5 heteroatoms. The second kappa shape index (κ2) is 14.0. The van der Waals surface area contributed by atoms with Crippen LogP contribution in [0, 0.1) is 5.92 Å². The monoisotopic (exact) mass is 795 g/mol. The Bertz CT molecular complexity index is 3660. The molecule has 3 aromatic heterocycles. The van der Waals surface area contributed by atoms with Gasteiger partial charge in [-0.2, -0.15) is 0 Å². The van der Waals surface area contributed by atoms with E-state index >= 15 is 0 Å². The van der Waals surface area contributed by atoms with Gasteiger partial charge in [0.1, 0.15) is 0 Å². The van der Waals surface area contributed by atoms with Crippen LogP contribution in [0.1, 0.15) is 42.8 Å². The molecule has 0 fully saturated rings. The predicted octanol–water partition coefficient (Wildman–Crippen LogP) is 12.2. The number of aromatic nitrogens is 5. The molecule has 0 aliphatic heterocycles. The van der Waals surface area contributed by atoms with E-state index in [9.17, 15) is 0 Å². The number of rotatable bonds is 5. The Morgan fingerprint density at radius 2 is 1.32 bits per heavy atom. The van der Waals surface area contributed by atoms with Gasteiger partial charge < -0.3 is 9.13 Å². The van der Waals surface area contributed by atoms with Crippen molar-refractivity contribution in [2.75, 3.05) is 0 Å². The van der Waals surface area contributed by atoms with Crippen LogP contribution in [0.25, 0.3) is 101 Å². The third-order valence-corrected chi connectivity index (χ3v) is 13.3. The summed E-state index contributed by atoms with van der Waals surface area (Å²) in [6.07, 6.45) is 26.0. The van der Waals surface area contributed by atoms with Crippen LogP contribution in [-0.2, 0) is 6.42 Å². The highest BCUT2D eigenvalue weighted by Gasteiger charge is 2.27. The summed E-state index contributed by atoms with van der Waals surface area (Å²) in [5.41, 5.74) is 12.1. The molecule has 6 aromatic carbocycles. The lowest BCUT2D eigenvalue weighted by Crippen LogP contribution is -2.34. The third-order valence-electron chi connectivity index (χ3n) is 13.3. The standard InChI is InChI=1S/C57H41N5/c1-3-15-36(16-4-1)55-58-56(37-17-5-2-6-18-37)60-57(59-55)47-29-30-52(44-22-10-9-21-43(44)47)62-51-26-14-12-24-46(51)49-33-41-31-42(28-27-40(41)35-54(49)62)61-50-25-13-11-23-45(50)48-32-38-19-7-8-20-39(38)34-53(48)61/h1,3-5,7-13,15-25,27-30,32-35,41H,2,6,14,26,31H2. The van der Waals surface area contributed by atoms with E-state index in [4.69, 9.17) is 15.0 Å². The summed E-state index contributed by atoms with van der Waals surface area (Å²) in [4.78, 5) is 15.3. The molecule has 5 nitrogen and oxygen atoms in total. The van der Waals surface area contributed by atoms with E-state index in [1.807, 2.05) is 18.2 Å². The van der Waals surface area contributed by atoms with Crippen LogP contribution < -0.4 is 10.6 Å². The zero-order valence-electron chi connectivity index (χ0n) is 34.2. The highest BCUT2D eigenvalue weighted by molar-refractivity contribution is 6.14. The van der Waals surface area contributed by atoms with Gasteiger partial charge in [-0.15, -0.1) is 0 Å². The van der Waals surface area contributed by atoms with Gasteiger partial charge in [0, 0.05) is 60.9 Å². The van der Waals surface area contributed by atoms with Crippen molar-refractivity contribution in [3.8, 4) is 28.5 Å². The first kappa shape index (κ1) is 35.2. The largest absolute Gasteiger partial charge is 0.313 e. The zero-order valence-corrected chi connectivity index (χ0v) is 34.2. The molecule has 294 valence electrons. The van der Waals surface area contributed by atoms with Crippen LogP contribution in [0.4, 0.5) is 0 Å². The molecule has 0 N–H and O–H groups in total. The Balaban J connectivity index is 0.971. The lowest BCUT2D eigenvalue weighted by Gasteiger charge is -2.25. The van der Waals surface area contributed by atoms with Crippen LogP contribution in [-0.4, -0.2) is 24.1 Å². The number of hydrogen-bond acceptors (Lipinski definition) is 3. The molecule has 4 aliphatic carbocycles. The molecule has 3 heterocycles. The summed E-state index contributed by atoms with van der Waals surface area (Å²) >= 11 is 0. The van der Waals surface area contributed by atoms with Crippen molar-refractivity contribution < 1.29 is 0 Å². The van der Waals surface area contributed by atoms with Crippen molar-refractivity contribution in [3.63, 3.8) is 0 Å². The van der Waals surface area contributed by atoms with E-state index in [2.05, 4.69) is 173 Å². The van der Waals surface area contributed by atoms with E-state index in [0.717, 1.165) is 54.2 Å². The molecule has 9 aromatic rings. The lowest BCUT2D eigenvalue weighted by molar-refractivity contribution is 0.809. The van der Waals surface area contributed by atoms with Gasteiger partial charge in [0.25, 0.3) is 0 Å². The molecule has 0 saturated carbocycles. The molecule has 4 aliphatic rings. The van der Waals surface area contributed by atoms with E-state index in [0.29, 0.717) is 17.5 Å². The van der Waals surface area contributed by atoms with Crippen molar-refractivity contribution in [1.82, 2.24) is 24.1 Å². The van der Waals surface area contributed by atoms with Gasteiger partial charge in [-0.3, -0.25) is 0 Å². The third kappa shape index (κ3) is 5.51. The molecule has 0 radical (unpaired) electrons. The summed E-state index contributed by atoms with van der Waals surface area (Å²) in [6.45, 7) is 0. The number of allylic oxidation sites excluding steroid dienone is 9. The van der Waals surface area contributed by atoms with Gasteiger partial charge in [0.05, 0.1) is 22.1 Å². The molecule has 0 spiro atoms. The Morgan fingerprint density at radius 3 is 2.19 bits per heavy atom. The maximum atomic E-state index is 5.17. The van der Waals surface area contributed by atoms with Crippen molar-refractivity contribution in [2.45, 2.75) is 32.1 Å². The fraction of sp³-hybridized carbons (Fsp3) is 0.105. The molecule has 62 heavy (non-hydrogen) atoms. The van der Waals surface area contributed by atoms with Crippen molar-refractivity contribution >= 4 is 72.8 Å². The Hall–Kier alpha value is -7.63. The minimum Gasteiger partial charge on any atom is -0.313 e. The summed E-state index contributed by atoms with van der Waals surface area (Å²) in [6, 6.07) is 45.9. The average molecular weight is 796 g/mol. The van der Waals surface area contributed by atoms with Gasteiger partial charge in [-0.25, -0.2) is 15.0 Å². The van der Waals surface area contributed by atoms with Crippen LogP contribution in [0.5, 0.6) is 0 Å². The summed E-state index contributed by atoms with van der Waals surface area (Å²) < 4.78 is 5.07. The summed E-state index contributed by atoms with van der Waals surface area (Å²) in [5, 5.41) is 10.0. The SMILES string of the molecule is C1=CC(c2nc(-c3ccccc3)nc(-c3ccc(-n4c5c(c6c4=CC4=CC=C(n7c8ccccc8c8cc9ccccc9cc87)CC4C=6)C=CCC5)c4ccccc34)n2)=CCC1. The molecule has 0 bridgehead atoms. The number of fused-ring (bicyclic) bond motifs is 9. The molecular weight excluding hydrogens is 755 g/mol. The number of nitrogens with zero attached hydrogens (tertiary/aromatic N) is 5.